The second kappa shape index (κ2) is 6.35. The van der Waals surface area contributed by atoms with Crippen LogP contribution in [0.2, 0.25) is 0 Å². The lowest BCUT2D eigenvalue weighted by Gasteiger charge is -2.35. The number of carbonyl (C=O) groups excluding carboxylic acids is 1. The van der Waals surface area contributed by atoms with E-state index in [-0.39, 0.29) is 5.78 Å². The molecule has 1 aromatic rings. The third-order valence-electron chi connectivity index (χ3n) is 3.74. The van der Waals surface area contributed by atoms with Gasteiger partial charge in [0.25, 0.3) is 0 Å². The highest BCUT2D eigenvalue weighted by Gasteiger charge is 2.31. The van der Waals surface area contributed by atoms with E-state index in [2.05, 4.69) is 0 Å². The normalized spacial score (nSPS) is 18.4. The minimum Gasteiger partial charge on any atom is -0.388 e. The smallest absolute Gasteiger partial charge is 0.177 e. The molecule has 4 nitrogen and oxygen atoms in total. The topological polar surface area (TPSA) is 49.8 Å². The van der Waals surface area contributed by atoms with E-state index in [9.17, 15) is 9.90 Å². The molecule has 112 valence electrons. The van der Waals surface area contributed by atoms with Gasteiger partial charge in [0.1, 0.15) is 0 Å². The van der Waals surface area contributed by atoms with Gasteiger partial charge in [-0.05, 0) is 27.0 Å². The van der Waals surface area contributed by atoms with Crippen LogP contribution in [0.5, 0.6) is 0 Å². The lowest BCUT2D eigenvalue weighted by atomic mass is 9.94. The molecule has 0 unspecified atom stereocenters. The molecule has 1 aliphatic rings. The van der Waals surface area contributed by atoms with Crippen LogP contribution in [0.15, 0.2) is 6.07 Å². The largest absolute Gasteiger partial charge is 0.388 e. The summed E-state index contributed by atoms with van der Waals surface area (Å²) < 4.78 is 5.27. The summed E-state index contributed by atoms with van der Waals surface area (Å²) in [5, 5.41) is 10.5. The molecule has 0 spiro atoms. The molecule has 0 amide bonds. The van der Waals surface area contributed by atoms with Crippen molar-refractivity contribution in [3.8, 4) is 0 Å². The molecule has 1 saturated heterocycles. The molecular formula is C15H23NO3S. The Bertz CT molecular complexity index is 477. The Morgan fingerprint density at radius 1 is 1.45 bits per heavy atom. The maximum Gasteiger partial charge on any atom is 0.177 e. The number of carbonyl (C=O) groups is 1. The Hall–Kier alpha value is -0.750. The van der Waals surface area contributed by atoms with Crippen molar-refractivity contribution in [1.82, 2.24) is 4.90 Å². The first-order valence-corrected chi connectivity index (χ1v) is 7.80. The zero-order valence-corrected chi connectivity index (χ0v) is 13.3. The number of hydrogen-bond donors (Lipinski definition) is 1. The number of aryl methyl sites for hydroxylation is 2. The van der Waals surface area contributed by atoms with Gasteiger partial charge in [-0.15, -0.1) is 11.3 Å². The summed E-state index contributed by atoms with van der Waals surface area (Å²) in [6, 6.07) is 1.96. The van der Waals surface area contributed by atoms with Crippen LogP contribution < -0.4 is 0 Å². The summed E-state index contributed by atoms with van der Waals surface area (Å²) >= 11 is 1.65. The molecule has 0 saturated carbocycles. The Balaban J connectivity index is 1.92. The predicted octanol–water partition coefficient (Wildman–Crippen LogP) is 2.02. The highest BCUT2D eigenvalue weighted by Crippen LogP contribution is 2.23. The molecule has 0 atom stereocenters. The first-order chi connectivity index (χ1) is 9.39. The molecule has 20 heavy (non-hydrogen) atoms. The number of hydrogen-bond acceptors (Lipinski definition) is 5. The number of nitrogens with zero attached hydrogens (tertiary/aromatic N) is 1. The van der Waals surface area contributed by atoms with Crippen LogP contribution in [0.1, 0.15) is 33.0 Å². The number of thiophene rings is 1. The van der Waals surface area contributed by atoms with Gasteiger partial charge in [-0.25, -0.2) is 0 Å². The SMILES string of the molecule is Cc1cc(C(=O)CN(C)CC2(O)CCOCC2)c(C)s1. The standard InChI is InChI=1S/C15H23NO3S/c1-11-8-13(12(2)20-11)14(17)9-16(3)10-15(18)4-6-19-7-5-15/h8,18H,4-7,9-10H2,1-3H3. The number of aliphatic hydroxyl groups is 1. The van der Waals surface area contributed by atoms with E-state index in [1.807, 2.05) is 31.9 Å². The average Bonchev–Trinajstić information content (AvgIpc) is 2.68. The first-order valence-electron chi connectivity index (χ1n) is 6.98. The van der Waals surface area contributed by atoms with Gasteiger partial charge < -0.3 is 9.84 Å². The summed E-state index contributed by atoms with van der Waals surface area (Å²) in [7, 11) is 1.89. The van der Waals surface area contributed by atoms with E-state index in [4.69, 9.17) is 4.74 Å². The number of Topliss-reactive ketones (excluding diaryl/α,β-unsaturated/α-hetero) is 1. The van der Waals surface area contributed by atoms with Crippen LogP contribution in [0.4, 0.5) is 0 Å². The Labute approximate surface area is 124 Å². The van der Waals surface area contributed by atoms with Crippen LogP contribution >= 0.6 is 11.3 Å². The van der Waals surface area contributed by atoms with Crippen LogP contribution in [0, 0.1) is 13.8 Å². The van der Waals surface area contributed by atoms with Gasteiger partial charge in [-0.3, -0.25) is 9.69 Å². The Kier molecular flexibility index (Phi) is 4.96. The maximum atomic E-state index is 12.3. The van der Waals surface area contributed by atoms with Crippen molar-refractivity contribution in [1.29, 1.82) is 0 Å². The average molecular weight is 297 g/mol. The third kappa shape index (κ3) is 3.88. The fourth-order valence-electron chi connectivity index (χ4n) is 2.71. The molecule has 0 aliphatic carbocycles. The van der Waals surface area contributed by atoms with E-state index in [1.54, 1.807) is 11.3 Å². The van der Waals surface area contributed by atoms with Gasteiger partial charge in [0.05, 0.1) is 12.1 Å². The molecule has 1 aliphatic heterocycles. The fraction of sp³-hybridized carbons (Fsp3) is 0.667. The summed E-state index contributed by atoms with van der Waals surface area (Å²) in [4.78, 5) is 16.4. The van der Waals surface area contributed by atoms with Crippen molar-refractivity contribution in [3.05, 3.63) is 21.4 Å². The van der Waals surface area contributed by atoms with Crippen LogP contribution in [0.3, 0.4) is 0 Å². The van der Waals surface area contributed by atoms with Gasteiger partial charge in [-0.2, -0.15) is 0 Å². The second-order valence-corrected chi connectivity index (χ2v) is 7.22. The second-order valence-electron chi connectivity index (χ2n) is 5.76. The van der Waals surface area contributed by atoms with Gasteiger partial charge in [0, 0.05) is 47.9 Å². The first kappa shape index (κ1) is 15.6. The summed E-state index contributed by atoms with van der Waals surface area (Å²) in [6.45, 7) is 6.06. The van der Waals surface area contributed by atoms with Crippen molar-refractivity contribution in [3.63, 3.8) is 0 Å². The van der Waals surface area contributed by atoms with Gasteiger partial charge in [0.15, 0.2) is 5.78 Å². The van der Waals surface area contributed by atoms with Crippen molar-refractivity contribution < 1.29 is 14.6 Å². The Morgan fingerprint density at radius 3 is 2.65 bits per heavy atom. The monoisotopic (exact) mass is 297 g/mol. The van der Waals surface area contributed by atoms with Gasteiger partial charge in [-0.1, -0.05) is 0 Å². The zero-order valence-electron chi connectivity index (χ0n) is 12.4. The number of ether oxygens (including phenoxy) is 1. The van der Waals surface area contributed by atoms with E-state index in [0.717, 1.165) is 15.3 Å². The van der Waals surface area contributed by atoms with Crippen molar-refractivity contribution in [2.75, 3.05) is 33.4 Å². The number of ketones is 1. The lowest BCUT2D eigenvalue weighted by molar-refractivity contribution is -0.0758. The predicted molar refractivity (Wildman–Crippen MR) is 80.6 cm³/mol. The quantitative estimate of drug-likeness (QED) is 0.845. The third-order valence-corrected chi connectivity index (χ3v) is 4.71. The Morgan fingerprint density at radius 2 is 2.10 bits per heavy atom. The molecule has 0 bridgehead atoms. The van der Waals surface area contributed by atoms with Crippen molar-refractivity contribution in [2.24, 2.45) is 0 Å². The van der Waals surface area contributed by atoms with E-state index in [0.29, 0.717) is 39.1 Å². The zero-order chi connectivity index (χ0) is 14.8. The highest BCUT2D eigenvalue weighted by atomic mass is 32.1. The molecule has 1 N–H and O–H groups in total. The van der Waals surface area contributed by atoms with Crippen LogP contribution in [-0.2, 0) is 4.74 Å². The molecule has 1 fully saturated rings. The highest BCUT2D eigenvalue weighted by molar-refractivity contribution is 7.12. The number of likely N-dealkylation sites (N-methyl/N-ethyl adjacent to an activating group) is 1. The molecule has 2 rings (SSSR count). The summed E-state index contributed by atoms with van der Waals surface area (Å²) in [5.41, 5.74) is 0.102. The van der Waals surface area contributed by atoms with E-state index < -0.39 is 5.60 Å². The molecule has 2 heterocycles. The van der Waals surface area contributed by atoms with Gasteiger partial charge >= 0.3 is 0 Å². The fourth-order valence-corrected chi connectivity index (χ4v) is 3.65. The summed E-state index contributed by atoms with van der Waals surface area (Å²) in [5.74, 6) is 0.130. The van der Waals surface area contributed by atoms with Crippen molar-refractivity contribution >= 4 is 17.1 Å². The van der Waals surface area contributed by atoms with Crippen LogP contribution in [0.25, 0.3) is 0 Å². The molecule has 1 aromatic heterocycles. The van der Waals surface area contributed by atoms with Gasteiger partial charge in [0.2, 0.25) is 0 Å². The molecule has 5 heteroatoms. The van der Waals surface area contributed by atoms with Crippen LogP contribution in [-0.4, -0.2) is 54.7 Å². The molecule has 0 aromatic carbocycles. The number of rotatable bonds is 5. The molecule has 0 radical (unpaired) electrons. The lowest BCUT2D eigenvalue weighted by Crippen LogP contribution is -2.46. The molecular weight excluding hydrogens is 274 g/mol. The minimum absolute atomic E-state index is 0.130. The minimum atomic E-state index is -0.715. The van der Waals surface area contributed by atoms with E-state index >= 15 is 0 Å². The van der Waals surface area contributed by atoms with E-state index in [1.165, 1.54) is 0 Å². The summed E-state index contributed by atoms with van der Waals surface area (Å²) in [6.07, 6.45) is 1.28. The van der Waals surface area contributed by atoms with Crippen molar-refractivity contribution in [2.45, 2.75) is 32.3 Å². The maximum absolute atomic E-state index is 12.3.